The number of aldehydes is 1. The average molecular weight is 268 g/mol. The summed E-state index contributed by atoms with van der Waals surface area (Å²) in [4.78, 5) is 11.0. The number of benzene rings is 1. The first-order chi connectivity index (χ1) is 8.71. The van der Waals surface area contributed by atoms with Gasteiger partial charge in [0.2, 0.25) is 5.22 Å². The van der Waals surface area contributed by atoms with Crippen molar-refractivity contribution in [3.63, 3.8) is 0 Å². The number of rotatable bonds is 4. The molecular weight excluding hydrogens is 258 g/mol. The monoisotopic (exact) mass is 267 g/mol. The van der Waals surface area contributed by atoms with Crippen molar-refractivity contribution >= 4 is 17.9 Å². The highest BCUT2D eigenvalue weighted by molar-refractivity contribution is 6.31. The second-order valence-corrected chi connectivity index (χ2v) is 3.75. The molecule has 0 saturated heterocycles. The first-order valence-corrected chi connectivity index (χ1v) is 5.41. The normalized spacial score (nSPS) is 10.2. The summed E-state index contributed by atoms with van der Waals surface area (Å²) in [7, 11) is 3.07. The molecule has 2 rings (SSSR count). The summed E-state index contributed by atoms with van der Waals surface area (Å²) in [6, 6.07) is 5.15. The van der Waals surface area contributed by atoms with Gasteiger partial charge < -0.3 is 14.0 Å². The van der Waals surface area contributed by atoms with Crippen LogP contribution in [0.1, 0.15) is 10.4 Å². The minimum Gasteiger partial charge on any atom is -0.497 e. The molecule has 0 N–H and O–H groups in total. The summed E-state index contributed by atoms with van der Waals surface area (Å²) in [5, 5.41) is 3.72. The highest BCUT2D eigenvalue weighted by Gasteiger charge is 2.19. The minimum absolute atomic E-state index is 0.0510. The fraction of sp³-hybridized carbons (Fsp3) is 0.167. The fourth-order valence-corrected chi connectivity index (χ4v) is 1.74. The molecule has 0 spiro atoms. The Morgan fingerprint density at radius 3 is 2.72 bits per heavy atom. The molecule has 94 valence electrons. The van der Waals surface area contributed by atoms with E-state index in [9.17, 15) is 4.79 Å². The zero-order valence-electron chi connectivity index (χ0n) is 9.77. The van der Waals surface area contributed by atoms with Gasteiger partial charge in [0, 0.05) is 0 Å². The maximum Gasteiger partial charge on any atom is 0.237 e. The molecule has 18 heavy (non-hydrogen) atoms. The van der Waals surface area contributed by atoms with Crippen LogP contribution in [0.25, 0.3) is 11.3 Å². The number of methoxy groups -OCH3 is 2. The Labute approximate surface area is 108 Å². The Morgan fingerprint density at radius 1 is 1.33 bits per heavy atom. The maximum atomic E-state index is 11.0. The topological polar surface area (TPSA) is 61.6 Å². The number of halogens is 1. The van der Waals surface area contributed by atoms with Crippen molar-refractivity contribution in [2.45, 2.75) is 0 Å². The molecule has 0 atom stereocenters. The van der Waals surface area contributed by atoms with E-state index in [0.717, 1.165) is 0 Å². The summed E-state index contributed by atoms with van der Waals surface area (Å²) < 4.78 is 15.1. The first kappa shape index (κ1) is 12.4. The molecule has 0 fully saturated rings. The number of aromatic nitrogens is 1. The Kier molecular flexibility index (Phi) is 3.53. The molecule has 0 bridgehead atoms. The van der Waals surface area contributed by atoms with Gasteiger partial charge in [-0.3, -0.25) is 4.79 Å². The summed E-state index contributed by atoms with van der Waals surface area (Å²) in [5.41, 5.74) is 1.09. The third-order valence-corrected chi connectivity index (χ3v) is 2.74. The minimum atomic E-state index is -0.0510. The molecule has 0 aliphatic carbocycles. The summed E-state index contributed by atoms with van der Waals surface area (Å²) in [6.45, 7) is 0. The van der Waals surface area contributed by atoms with Gasteiger partial charge >= 0.3 is 0 Å². The molecule has 0 aliphatic rings. The van der Waals surface area contributed by atoms with Crippen molar-refractivity contribution in [3.8, 4) is 22.8 Å². The number of hydrogen-bond acceptors (Lipinski definition) is 5. The van der Waals surface area contributed by atoms with Crippen LogP contribution in [-0.2, 0) is 0 Å². The third-order valence-electron chi connectivity index (χ3n) is 2.46. The van der Waals surface area contributed by atoms with Crippen LogP contribution < -0.4 is 9.47 Å². The van der Waals surface area contributed by atoms with Gasteiger partial charge in [-0.05, 0) is 29.8 Å². The van der Waals surface area contributed by atoms with E-state index in [1.54, 1.807) is 25.3 Å². The van der Waals surface area contributed by atoms with Gasteiger partial charge in [-0.25, -0.2) is 0 Å². The van der Waals surface area contributed by atoms with Crippen molar-refractivity contribution in [1.82, 2.24) is 5.16 Å². The molecule has 0 aliphatic heterocycles. The standard InChI is InChI=1S/C12H10ClNO4/c1-16-7-3-4-10(17-2)8(5-7)11-9(6-15)12(13)18-14-11/h3-6H,1-2H3. The van der Waals surface area contributed by atoms with Crippen LogP contribution in [0.5, 0.6) is 11.5 Å². The lowest BCUT2D eigenvalue weighted by Gasteiger charge is -2.08. The number of hydrogen-bond donors (Lipinski definition) is 0. The molecular formula is C12H10ClNO4. The highest BCUT2D eigenvalue weighted by Crippen LogP contribution is 2.36. The lowest BCUT2D eigenvalue weighted by Crippen LogP contribution is -1.92. The smallest absolute Gasteiger partial charge is 0.237 e. The van der Waals surface area contributed by atoms with Crippen molar-refractivity contribution in [3.05, 3.63) is 29.0 Å². The van der Waals surface area contributed by atoms with Crippen LogP contribution in [0.15, 0.2) is 22.7 Å². The SMILES string of the molecule is COc1ccc(OC)c(-c2noc(Cl)c2C=O)c1. The Bertz CT molecular complexity index is 579. The molecule has 0 radical (unpaired) electrons. The number of carbonyl (C=O) groups excluding carboxylic acids is 1. The van der Waals surface area contributed by atoms with Crippen molar-refractivity contribution in [2.24, 2.45) is 0 Å². The Balaban J connectivity index is 2.64. The van der Waals surface area contributed by atoms with E-state index in [-0.39, 0.29) is 10.8 Å². The molecule has 0 unspecified atom stereocenters. The zero-order chi connectivity index (χ0) is 13.1. The quantitative estimate of drug-likeness (QED) is 0.797. The van der Waals surface area contributed by atoms with Gasteiger partial charge in [-0.15, -0.1) is 0 Å². The van der Waals surface area contributed by atoms with E-state index < -0.39 is 0 Å². The van der Waals surface area contributed by atoms with Crippen LogP contribution in [0.2, 0.25) is 5.22 Å². The number of carbonyl (C=O) groups is 1. The van der Waals surface area contributed by atoms with Crippen LogP contribution in [-0.4, -0.2) is 25.7 Å². The first-order valence-electron chi connectivity index (χ1n) is 5.04. The molecule has 0 saturated carbocycles. The highest BCUT2D eigenvalue weighted by atomic mass is 35.5. The van der Waals surface area contributed by atoms with Gasteiger partial charge in [-0.2, -0.15) is 0 Å². The summed E-state index contributed by atoms with van der Waals surface area (Å²) in [6.07, 6.45) is 0.590. The molecule has 1 aromatic heterocycles. The summed E-state index contributed by atoms with van der Waals surface area (Å²) in [5.74, 6) is 1.16. The molecule has 1 aromatic carbocycles. The van der Waals surface area contributed by atoms with Crippen LogP contribution in [0.4, 0.5) is 0 Å². The number of nitrogens with zero attached hydrogens (tertiary/aromatic N) is 1. The predicted molar refractivity (Wildman–Crippen MR) is 65.4 cm³/mol. The van der Waals surface area contributed by atoms with Gasteiger partial charge in [-0.1, -0.05) is 5.16 Å². The van der Waals surface area contributed by atoms with Crippen molar-refractivity contribution < 1.29 is 18.8 Å². The average Bonchev–Trinajstić information content (AvgIpc) is 2.78. The van der Waals surface area contributed by atoms with E-state index in [4.69, 9.17) is 25.6 Å². The van der Waals surface area contributed by atoms with Crippen LogP contribution >= 0.6 is 11.6 Å². The lowest BCUT2D eigenvalue weighted by atomic mass is 10.1. The molecule has 6 heteroatoms. The molecule has 2 aromatic rings. The zero-order valence-corrected chi connectivity index (χ0v) is 10.5. The number of ether oxygens (including phenoxy) is 2. The van der Waals surface area contributed by atoms with Gasteiger partial charge in [0.1, 0.15) is 22.8 Å². The second-order valence-electron chi connectivity index (χ2n) is 3.40. The van der Waals surface area contributed by atoms with Crippen molar-refractivity contribution in [2.75, 3.05) is 14.2 Å². The lowest BCUT2D eigenvalue weighted by molar-refractivity contribution is 0.112. The molecule has 1 heterocycles. The second kappa shape index (κ2) is 5.10. The van der Waals surface area contributed by atoms with Gasteiger partial charge in [0.15, 0.2) is 6.29 Å². The summed E-state index contributed by atoms with van der Waals surface area (Å²) >= 11 is 5.73. The third kappa shape index (κ3) is 2.04. The van der Waals surface area contributed by atoms with E-state index in [2.05, 4.69) is 5.16 Å². The van der Waals surface area contributed by atoms with E-state index in [1.807, 2.05) is 0 Å². The van der Waals surface area contributed by atoms with E-state index in [1.165, 1.54) is 7.11 Å². The van der Waals surface area contributed by atoms with Gasteiger partial charge in [0.25, 0.3) is 0 Å². The predicted octanol–water partition coefficient (Wildman–Crippen LogP) is 2.82. The van der Waals surface area contributed by atoms with E-state index >= 15 is 0 Å². The van der Waals surface area contributed by atoms with Crippen LogP contribution in [0.3, 0.4) is 0 Å². The molecule has 5 nitrogen and oxygen atoms in total. The largest absolute Gasteiger partial charge is 0.497 e. The van der Waals surface area contributed by atoms with Crippen LogP contribution in [0, 0.1) is 0 Å². The Hall–Kier alpha value is -2.01. The Morgan fingerprint density at radius 2 is 2.11 bits per heavy atom. The maximum absolute atomic E-state index is 11.0. The fourth-order valence-electron chi connectivity index (χ4n) is 1.57. The van der Waals surface area contributed by atoms with Gasteiger partial charge in [0.05, 0.1) is 19.8 Å². The molecule has 0 amide bonds. The van der Waals surface area contributed by atoms with E-state index in [0.29, 0.717) is 29.0 Å². The van der Waals surface area contributed by atoms with Crippen molar-refractivity contribution in [1.29, 1.82) is 0 Å².